The van der Waals surface area contributed by atoms with Crippen LogP contribution in [0.5, 0.6) is 0 Å². The van der Waals surface area contributed by atoms with E-state index < -0.39 is 0 Å². The van der Waals surface area contributed by atoms with E-state index in [2.05, 4.69) is 10.3 Å². The Labute approximate surface area is 111 Å². The molecular weight excluding hydrogens is 244 g/mol. The minimum atomic E-state index is -0.00849. The van der Waals surface area contributed by atoms with Crippen LogP contribution in [-0.2, 0) is 0 Å². The molecule has 0 aliphatic carbocycles. The SMILES string of the molecule is O=C(CC(=S)Nc1ccccc1)c1ccncc1. The Balaban J connectivity index is 1.94. The number of ketones is 1. The van der Waals surface area contributed by atoms with Gasteiger partial charge < -0.3 is 5.32 Å². The summed E-state index contributed by atoms with van der Waals surface area (Å²) in [6.07, 6.45) is 3.40. The van der Waals surface area contributed by atoms with Crippen molar-refractivity contribution in [2.75, 3.05) is 5.32 Å². The van der Waals surface area contributed by atoms with Crippen molar-refractivity contribution in [3.05, 3.63) is 60.4 Å². The lowest BCUT2D eigenvalue weighted by molar-refractivity contribution is 0.100. The van der Waals surface area contributed by atoms with Crippen molar-refractivity contribution in [2.24, 2.45) is 0 Å². The number of nitrogens with zero attached hydrogens (tertiary/aromatic N) is 1. The topological polar surface area (TPSA) is 42.0 Å². The molecule has 0 atom stereocenters. The second kappa shape index (κ2) is 6.02. The van der Waals surface area contributed by atoms with Crippen molar-refractivity contribution in [2.45, 2.75) is 6.42 Å². The molecule has 2 aromatic rings. The zero-order chi connectivity index (χ0) is 12.8. The summed E-state index contributed by atoms with van der Waals surface area (Å²) >= 11 is 5.16. The van der Waals surface area contributed by atoms with E-state index in [0.717, 1.165) is 5.69 Å². The predicted molar refractivity (Wildman–Crippen MR) is 75.8 cm³/mol. The smallest absolute Gasteiger partial charge is 0.169 e. The number of aromatic nitrogens is 1. The zero-order valence-electron chi connectivity index (χ0n) is 9.67. The fourth-order valence-electron chi connectivity index (χ4n) is 1.51. The van der Waals surface area contributed by atoms with Crippen LogP contribution in [0, 0.1) is 0 Å². The quantitative estimate of drug-likeness (QED) is 0.674. The number of rotatable bonds is 4. The molecule has 90 valence electrons. The van der Waals surface area contributed by atoms with Gasteiger partial charge in [0.15, 0.2) is 5.78 Å². The number of Topliss-reactive ketones (excluding diaryl/α,β-unsaturated/α-hetero) is 1. The number of pyridine rings is 1. The van der Waals surface area contributed by atoms with Gasteiger partial charge in [0.1, 0.15) is 0 Å². The Morgan fingerprint density at radius 3 is 2.44 bits per heavy atom. The van der Waals surface area contributed by atoms with Crippen LogP contribution in [0.2, 0.25) is 0 Å². The van der Waals surface area contributed by atoms with E-state index in [1.54, 1.807) is 24.5 Å². The molecule has 0 unspecified atom stereocenters. The first-order valence-corrected chi connectivity index (χ1v) is 5.94. The van der Waals surface area contributed by atoms with Gasteiger partial charge >= 0.3 is 0 Å². The fourth-order valence-corrected chi connectivity index (χ4v) is 1.76. The number of benzene rings is 1. The third-order valence-corrected chi connectivity index (χ3v) is 2.63. The zero-order valence-corrected chi connectivity index (χ0v) is 10.5. The minimum Gasteiger partial charge on any atom is -0.350 e. The highest BCUT2D eigenvalue weighted by Crippen LogP contribution is 2.08. The van der Waals surface area contributed by atoms with Gasteiger partial charge in [-0.3, -0.25) is 9.78 Å². The first kappa shape index (κ1) is 12.4. The average Bonchev–Trinajstić information content (AvgIpc) is 2.40. The Bertz CT molecular complexity index is 540. The third-order valence-electron chi connectivity index (χ3n) is 2.38. The molecule has 18 heavy (non-hydrogen) atoms. The van der Waals surface area contributed by atoms with Gasteiger partial charge in [-0.25, -0.2) is 0 Å². The van der Waals surface area contributed by atoms with Gasteiger partial charge in [-0.1, -0.05) is 30.4 Å². The summed E-state index contributed by atoms with van der Waals surface area (Å²) < 4.78 is 0. The lowest BCUT2D eigenvalue weighted by atomic mass is 10.1. The van der Waals surface area contributed by atoms with Crippen LogP contribution < -0.4 is 5.32 Å². The first-order chi connectivity index (χ1) is 8.75. The molecule has 0 radical (unpaired) electrons. The molecule has 1 aromatic carbocycles. The number of hydrogen-bond donors (Lipinski definition) is 1. The van der Waals surface area contributed by atoms with Gasteiger partial charge in [0.25, 0.3) is 0 Å². The third kappa shape index (κ3) is 3.46. The van der Waals surface area contributed by atoms with E-state index in [1.165, 1.54) is 0 Å². The Hall–Kier alpha value is -2.07. The summed E-state index contributed by atoms with van der Waals surface area (Å²) in [7, 11) is 0. The number of nitrogens with one attached hydrogen (secondary N) is 1. The van der Waals surface area contributed by atoms with E-state index in [1.807, 2.05) is 30.3 Å². The maximum absolute atomic E-state index is 11.9. The minimum absolute atomic E-state index is 0.00849. The lowest BCUT2D eigenvalue weighted by Gasteiger charge is -2.07. The van der Waals surface area contributed by atoms with Crippen molar-refractivity contribution in [1.82, 2.24) is 4.98 Å². The number of hydrogen-bond acceptors (Lipinski definition) is 3. The molecule has 3 nitrogen and oxygen atoms in total. The number of carbonyl (C=O) groups excluding carboxylic acids is 1. The molecule has 2 rings (SSSR count). The second-order valence-corrected chi connectivity index (χ2v) is 4.24. The van der Waals surface area contributed by atoms with Crippen LogP contribution in [0.15, 0.2) is 54.9 Å². The number of para-hydroxylation sites is 1. The number of anilines is 1. The molecule has 0 amide bonds. The highest BCUT2D eigenvalue weighted by molar-refractivity contribution is 7.80. The van der Waals surface area contributed by atoms with Gasteiger partial charge in [0.2, 0.25) is 0 Å². The highest BCUT2D eigenvalue weighted by atomic mass is 32.1. The maximum Gasteiger partial charge on any atom is 0.169 e. The summed E-state index contributed by atoms with van der Waals surface area (Å²) in [6.45, 7) is 0. The number of thiocarbonyl (C=S) groups is 1. The fraction of sp³-hybridized carbons (Fsp3) is 0.0714. The molecule has 0 saturated carbocycles. The van der Waals surface area contributed by atoms with Crippen molar-refractivity contribution in [1.29, 1.82) is 0 Å². The predicted octanol–water partition coefficient (Wildman–Crippen LogP) is 3.09. The summed E-state index contributed by atoms with van der Waals surface area (Å²) in [5, 5.41) is 3.04. The second-order valence-electron chi connectivity index (χ2n) is 3.75. The van der Waals surface area contributed by atoms with Crippen LogP contribution >= 0.6 is 12.2 Å². The van der Waals surface area contributed by atoms with Crippen LogP contribution in [0.3, 0.4) is 0 Å². The molecular formula is C14H12N2OS. The lowest BCUT2D eigenvalue weighted by Crippen LogP contribution is -2.14. The molecule has 1 N–H and O–H groups in total. The van der Waals surface area contributed by atoms with Crippen molar-refractivity contribution < 1.29 is 4.79 Å². The van der Waals surface area contributed by atoms with Gasteiger partial charge in [-0.15, -0.1) is 0 Å². The Kier molecular flexibility index (Phi) is 4.15. The average molecular weight is 256 g/mol. The monoisotopic (exact) mass is 256 g/mol. The van der Waals surface area contributed by atoms with Gasteiger partial charge in [0.05, 0.1) is 11.4 Å². The summed E-state index contributed by atoms with van der Waals surface area (Å²) in [5.74, 6) is -0.00849. The van der Waals surface area contributed by atoms with E-state index in [0.29, 0.717) is 10.6 Å². The summed E-state index contributed by atoms with van der Waals surface area (Å²) in [5.41, 5.74) is 1.52. The van der Waals surface area contributed by atoms with E-state index in [4.69, 9.17) is 12.2 Å². The molecule has 4 heteroatoms. The molecule has 0 aliphatic rings. The Morgan fingerprint density at radius 2 is 1.78 bits per heavy atom. The van der Waals surface area contributed by atoms with Gasteiger partial charge in [-0.2, -0.15) is 0 Å². The molecule has 0 saturated heterocycles. The summed E-state index contributed by atoms with van der Waals surface area (Å²) in [4.78, 5) is 16.3. The largest absolute Gasteiger partial charge is 0.350 e. The maximum atomic E-state index is 11.9. The van der Waals surface area contributed by atoms with Crippen LogP contribution in [0.1, 0.15) is 16.8 Å². The highest BCUT2D eigenvalue weighted by Gasteiger charge is 2.08. The van der Waals surface area contributed by atoms with Crippen LogP contribution in [0.4, 0.5) is 5.69 Å². The molecule has 0 spiro atoms. The Morgan fingerprint density at radius 1 is 1.11 bits per heavy atom. The van der Waals surface area contributed by atoms with Crippen molar-refractivity contribution >= 4 is 28.7 Å². The van der Waals surface area contributed by atoms with E-state index in [9.17, 15) is 4.79 Å². The molecule has 1 heterocycles. The van der Waals surface area contributed by atoms with E-state index in [-0.39, 0.29) is 12.2 Å². The number of carbonyl (C=O) groups is 1. The van der Waals surface area contributed by atoms with Gasteiger partial charge in [0, 0.05) is 23.6 Å². The molecule has 1 aromatic heterocycles. The molecule has 0 bridgehead atoms. The summed E-state index contributed by atoms with van der Waals surface area (Å²) in [6, 6.07) is 12.9. The molecule has 0 fully saturated rings. The first-order valence-electron chi connectivity index (χ1n) is 5.54. The standard InChI is InChI=1S/C14H12N2OS/c17-13(11-6-8-15-9-7-11)10-14(18)16-12-4-2-1-3-5-12/h1-9H,10H2,(H,16,18). The van der Waals surface area contributed by atoms with Gasteiger partial charge in [-0.05, 0) is 24.3 Å². The van der Waals surface area contributed by atoms with Crippen LogP contribution in [0.25, 0.3) is 0 Å². The normalized spacial score (nSPS) is 9.78. The van der Waals surface area contributed by atoms with Crippen molar-refractivity contribution in [3.8, 4) is 0 Å². The van der Waals surface area contributed by atoms with E-state index >= 15 is 0 Å². The molecule has 0 aliphatic heterocycles. The van der Waals surface area contributed by atoms with Crippen LogP contribution in [-0.4, -0.2) is 15.8 Å². The van der Waals surface area contributed by atoms with Crippen molar-refractivity contribution in [3.63, 3.8) is 0 Å².